The van der Waals surface area contributed by atoms with Gasteiger partial charge in [-0.3, -0.25) is 14.4 Å². The zero-order valence-electron chi connectivity index (χ0n) is 14.9. The van der Waals surface area contributed by atoms with Gasteiger partial charge in [-0.25, -0.2) is 0 Å². The molecule has 138 valence electrons. The van der Waals surface area contributed by atoms with Crippen LogP contribution in [0.15, 0.2) is 16.5 Å². The summed E-state index contributed by atoms with van der Waals surface area (Å²) in [6, 6.07) is 3.28. The van der Waals surface area contributed by atoms with Gasteiger partial charge in [0.2, 0.25) is 0 Å². The topological polar surface area (TPSA) is 103 Å². The van der Waals surface area contributed by atoms with E-state index in [0.29, 0.717) is 5.76 Å². The molecule has 0 bridgehead atoms. The molecule has 2 rings (SSSR count). The zero-order valence-corrected chi connectivity index (χ0v) is 14.9. The lowest BCUT2D eigenvalue weighted by Gasteiger charge is -2.42. The molecule has 1 fully saturated rings. The summed E-state index contributed by atoms with van der Waals surface area (Å²) < 4.78 is 15.7. The Labute approximate surface area is 146 Å². The van der Waals surface area contributed by atoms with Crippen molar-refractivity contribution in [2.45, 2.75) is 45.6 Å². The van der Waals surface area contributed by atoms with E-state index in [2.05, 4.69) is 0 Å². The molecule has 1 N–H and O–H groups in total. The van der Waals surface area contributed by atoms with Gasteiger partial charge < -0.3 is 19.0 Å². The Bertz CT molecular complexity index is 658. The number of aryl methyl sites for hydroxylation is 1. The number of furan rings is 1. The molecule has 0 unspecified atom stereocenters. The van der Waals surface area contributed by atoms with Crippen molar-refractivity contribution < 1.29 is 33.4 Å². The Kier molecular flexibility index (Phi) is 5.67. The number of Topliss-reactive ketones (excluding diaryl/α,β-unsaturated/α-hetero) is 1. The van der Waals surface area contributed by atoms with Crippen LogP contribution in [-0.2, 0) is 23.9 Å². The van der Waals surface area contributed by atoms with Crippen molar-refractivity contribution >= 4 is 17.7 Å². The maximum atomic E-state index is 12.6. The van der Waals surface area contributed by atoms with Crippen molar-refractivity contribution in [1.29, 1.82) is 0 Å². The molecule has 1 saturated carbocycles. The second-order valence-electron chi connectivity index (χ2n) is 6.43. The first-order chi connectivity index (χ1) is 11.7. The SMILES string of the molecule is CCOC(=O)[C@H]1C(=O)C[C@](C)(O)[C@H](C(=O)OCC)[C@@H]1c1ccc(C)o1. The summed E-state index contributed by atoms with van der Waals surface area (Å²) >= 11 is 0. The molecule has 1 aliphatic rings. The monoisotopic (exact) mass is 352 g/mol. The summed E-state index contributed by atoms with van der Waals surface area (Å²) in [5.74, 6) is -4.36. The van der Waals surface area contributed by atoms with Crippen LogP contribution >= 0.6 is 0 Å². The van der Waals surface area contributed by atoms with Crippen molar-refractivity contribution in [1.82, 2.24) is 0 Å². The fourth-order valence-electron chi connectivity index (χ4n) is 3.46. The van der Waals surface area contributed by atoms with Gasteiger partial charge in [0.05, 0.1) is 30.7 Å². The van der Waals surface area contributed by atoms with Gasteiger partial charge >= 0.3 is 11.9 Å². The molecule has 1 aromatic rings. The number of ether oxygens (including phenoxy) is 2. The molecule has 0 aliphatic heterocycles. The van der Waals surface area contributed by atoms with Gasteiger partial charge in [0.1, 0.15) is 17.4 Å². The largest absolute Gasteiger partial charge is 0.466 e. The number of carbonyl (C=O) groups is 3. The van der Waals surface area contributed by atoms with E-state index in [-0.39, 0.29) is 25.4 Å². The lowest BCUT2D eigenvalue weighted by Crippen LogP contribution is -2.55. The minimum Gasteiger partial charge on any atom is -0.466 e. The van der Waals surface area contributed by atoms with E-state index < -0.39 is 41.1 Å². The molecule has 7 heteroatoms. The van der Waals surface area contributed by atoms with Gasteiger partial charge in [0.25, 0.3) is 0 Å². The highest BCUT2D eigenvalue weighted by Gasteiger charge is 2.58. The van der Waals surface area contributed by atoms with E-state index >= 15 is 0 Å². The maximum absolute atomic E-state index is 12.6. The number of aliphatic hydroxyl groups is 1. The van der Waals surface area contributed by atoms with E-state index in [1.807, 2.05) is 0 Å². The fraction of sp³-hybridized carbons (Fsp3) is 0.611. The number of carbonyl (C=O) groups excluding carboxylic acids is 3. The first-order valence-corrected chi connectivity index (χ1v) is 8.37. The number of ketones is 1. The highest BCUT2D eigenvalue weighted by Crippen LogP contribution is 2.47. The number of esters is 2. The van der Waals surface area contributed by atoms with Crippen LogP contribution in [0.3, 0.4) is 0 Å². The Morgan fingerprint density at radius 3 is 2.36 bits per heavy atom. The van der Waals surface area contributed by atoms with Crippen LogP contribution in [0.2, 0.25) is 0 Å². The predicted molar refractivity (Wildman–Crippen MR) is 86.7 cm³/mol. The summed E-state index contributed by atoms with van der Waals surface area (Å²) in [5, 5.41) is 10.8. The number of hydrogen-bond donors (Lipinski definition) is 1. The van der Waals surface area contributed by atoms with Gasteiger partial charge in [-0.2, -0.15) is 0 Å². The zero-order chi connectivity index (χ0) is 18.8. The number of hydrogen-bond acceptors (Lipinski definition) is 7. The van der Waals surface area contributed by atoms with Gasteiger partial charge in [-0.1, -0.05) is 0 Å². The summed E-state index contributed by atoms with van der Waals surface area (Å²) in [4.78, 5) is 37.6. The molecule has 0 amide bonds. The highest BCUT2D eigenvalue weighted by molar-refractivity contribution is 6.02. The van der Waals surface area contributed by atoms with Crippen LogP contribution in [0, 0.1) is 18.8 Å². The molecule has 0 spiro atoms. The van der Waals surface area contributed by atoms with Crippen LogP contribution < -0.4 is 0 Å². The van der Waals surface area contributed by atoms with Crippen molar-refractivity contribution in [2.24, 2.45) is 11.8 Å². The quantitative estimate of drug-likeness (QED) is 0.636. The minimum absolute atomic E-state index is 0.104. The molecule has 0 saturated heterocycles. The second-order valence-corrected chi connectivity index (χ2v) is 6.43. The first-order valence-electron chi connectivity index (χ1n) is 8.37. The Balaban J connectivity index is 2.56. The van der Waals surface area contributed by atoms with Crippen LogP contribution in [-0.4, -0.2) is 41.6 Å². The molecule has 7 nitrogen and oxygen atoms in total. The Morgan fingerprint density at radius 2 is 1.84 bits per heavy atom. The molecule has 0 radical (unpaired) electrons. The standard InChI is InChI=1S/C18H24O7/c1-5-23-16(20)13-11(19)9-18(4,22)15(17(21)24-6-2)14(13)12-8-7-10(3)25-12/h7-8,13-15,22H,5-6,9H2,1-4H3/t13-,14+,15-,18-/m0/s1. The number of rotatable bonds is 5. The van der Waals surface area contributed by atoms with Crippen LogP contribution in [0.5, 0.6) is 0 Å². The van der Waals surface area contributed by atoms with Crippen molar-refractivity contribution in [3.05, 3.63) is 23.7 Å². The van der Waals surface area contributed by atoms with Crippen LogP contribution in [0.25, 0.3) is 0 Å². The van der Waals surface area contributed by atoms with Gasteiger partial charge in [0, 0.05) is 6.42 Å². The first kappa shape index (κ1) is 19.2. The smallest absolute Gasteiger partial charge is 0.317 e. The summed E-state index contributed by atoms with van der Waals surface area (Å²) in [5.41, 5.74) is -1.66. The average molecular weight is 352 g/mol. The van der Waals surface area contributed by atoms with Crippen molar-refractivity contribution in [3.63, 3.8) is 0 Å². The fourth-order valence-corrected chi connectivity index (χ4v) is 3.46. The minimum atomic E-state index is -1.66. The van der Waals surface area contributed by atoms with Crippen molar-refractivity contribution in [3.8, 4) is 0 Å². The van der Waals surface area contributed by atoms with E-state index in [9.17, 15) is 19.5 Å². The van der Waals surface area contributed by atoms with Crippen LogP contribution in [0.1, 0.15) is 44.6 Å². The normalized spacial score (nSPS) is 29.3. The summed E-state index contributed by atoms with van der Waals surface area (Å²) in [7, 11) is 0. The Hall–Kier alpha value is -2.15. The summed E-state index contributed by atoms with van der Waals surface area (Å²) in [6.07, 6.45) is -0.337. The lowest BCUT2D eigenvalue weighted by atomic mass is 9.63. The van der Waals surface area contributed by atoms with Crippen LogP contribution in [0.4, 0.5) is 0 Å². The van der Waals surface area contributed by atoms with E-state index in [1.165, 1.54) is 6.92 Å². The summed E-state index contributed by atoms with van der Waals surface area (Å²) in [6.45, 7) is 6.62. The van der Waals surface area contributed by atoms with E-state index in [4.69, 9.17) is 13.9 Å². The molecule has 0 aromatic carbocycles. The maximum Gasteiger partial charge on any atom is 0.317 e. The molecule has 1 heterocycles. The molecule has 1 aliphatic carbocycles. The Morgan fingerprint density at radius 1 is 1.24 bits per heavy atom. The predicted octanol–water partition coefficient (Wildman–Crippen LogP) is 1.75. The molecule has 25 heavy (non-hydrogen) atoms. The second kappa shape index (κ2) is 7.39. The molecule has 1 aromatic heterocycles. The third-order valence-electron chi connectivity index (χ3n) is 4.44. The molecule has 4 atom stereocenters. The van der Waals surface area contributed by atoms with Gasteiger partial charge in [0.15, 0.2) is 5.78 Å². The lowest BCUT2D eigenvalue weighted by molar-refractivity contribution is -0.173. The van der Waals surface area contributed by atoms with Gasteiger partial charge in [-0.05, 0) is 39.8 Å². The van der Waals surface area contributed by atoms with Crippen molar-refractivity contribution in [2.75, 3.05) is 13.2 Å². The molecular formula is C18H24O7. The molecular weight excluding hydrogens is 328 g/mol. The third kappa shape index (κ3) is 3.76. The van der Waals surface area contributed by atoms with Gasteiger partial charge in [-0.15, -0.1) is 0 Å². The van der Waals surface area contributed by atoms with E-state index in [1.54, 1.807) is 32.9 Å². The highest BCUT2D eigenvalue weighted by atomic mass is 16.5. The van der Waals surface area contributed by atoms with E-state index in [0.717, 1.165) is 0 Å². The third-order valence-corrected chi connectivity index (χ3v) is 4.44. The average Bonchev–Trinajstić information content (AvgIpc) is 2.92.